The summed E-state index contributed by atoms with van der Waals surface area (Å²) in [5.74, 6) is 0.906. The van der Waals surface area contributed by atoms with Crippen molar-refractivity contribution in [3.8, 4) is 0 Å². The Morgan fingerprint density at radius 3 is 2.81 bits per heavy atom. The molecule has 0 amide bonds. The van der Waals surface area contributed by atoms with Gasteiger partial charge in [0.15, 0.2) is 0 Å². The molecule has 1 N–H and O–H groups in total. The molecule has 21 heavy (non-hydrogen) atoms. The molecule has 0 saturated heterocycles. The molecule has 114 valence electrons. The van der Waals surface area contributed by atoms with Crippen LogP contribution in [0.25, 0.3) is 0 Å². The van der Waals surface area contributed by atoms with E-state index in [0.717, 1.165) is 11.3 Å². The minimum atomic E-state index is -0.376. The van der Waals surface area contributed by atoms with Crippen LogP contribution in [-0.4, -0.2) is 22.9 Å². The number of ether oxygens (including phenoxy) is 1. The van der Waals surface area contributed by atoms with Crippen LogP contribution in [-0.2, 0) is 18.3 Å². The molecule has 0 bridgehead atoms. The van der Waals surface area contributed by atoms with Gasteiger partial charge in [-0.25, -0.2) is 4.79 Å². The maximum absolute atomic E-state index is 11.5. The molecule has 0 unspecified atom stereocenters. The number of esters is 1. The van der Waals surface area contributed by atoms with Crippen LogP contribution in [0.4, 0.5) is 0 Å². The molecule has 0 fully saturated rings. The van der Waals surface area contributed by atoms with Gasteiger partial charge in [-0.1, -0.05) is 0 Å². The lowest BCUT2D eigenvalue weighted by molar-refractivity contribution is 0.0599. The van der Waals surface area contributed by atoms with Crippen molar-refractivity contribution < 1.29 is 13.9 Å². The highest BCUT2D eigenvalue weighted by atomic mass is 16.5. The first-order valence-corrected chi connectivity index (χ1v) is 6.83. The maximum atomic E-state index is 11.5. The lowest BCUT2D eigenvalue weighted by Gasteiger charge is -2.11. The number of rotatable bonds is 5. The van der Waals surface area contributed by atoms with Crippen LogP contribution in [0.5, 0.6) is 0 Å². The van der Waals surface area contributed by atoms with Crippen molar-refractivity contribution >= 4 is 5.97 Å². The number of carbonyl (C=O) groups is 1. The van der Waals surface area contributed by atoms with Crippen LogP contribution in [0.1, 0.15) is 46.1 Å². The zero-order chi connectivity index (χ0) is 15.6. The highest BCUT2D eigenvalue weighted by molar-refractivity contribution is 5.90. The monoisotopic (exact) mass is 291 g/mol. The van der Waals surface area contributed by atoms with Crippen molar-refractivity contribution in [2.24, 2.45) is 7.05 Å². The highest BCUT2D eigenvalue weighted by Crippen LogP contribution is 2.19. The summed E-state index contributed by atoms with van der Waals surface area (Å²) in [4.78, 5) is 11.5. The van der Waals surface area contributed by atoms with Crippen molar-refractivity contribution in [3.63, 3.8) is 0 Å². The number of carbonyl (C=O) groups excluding carboxylic acids is 1. The molecule has 0 saturated carbocycles. The lowest BCUT2D eigenvalue weighted by atomic mass is 10.1. The van der Waals surface area contributed by atoms with Gasteiger partial charge in [0, 0.05) is 24.8 Å². The zero-order valence-electron chi connectivity index (χ0n) is 13.1. The number of hydrogen-bond donors (Lipinski definition) is 1. The zero-order valence-corrected chi connectivity index (χ0v) is 13.1. The fourth-order valence-electron chi connectivity index (χ4n) is 2.35. The molecule has 0 aliphatic carbocycles. The second-order valence-corrected chi connectivity index (χ2v) is 5.12. The standard InChI is InChI=1S/C15H21N3O3/c1-9(14-8-18(4)17-10(14)2)16-7-12-6-13(11(3)21-12)15(19)20-5/h6,8-9,16H,7H2,1-5H3/t9-/m1/s1. The largest absolute Gasteiger partial charge is 0.465 e. The molecular weight excluding hydrogens is 270 g/mol. The molecule has 0 spiro atoms. The van der Waals surface area contributed by atoms with Gasteiger partial charge in [0.25, 0.3) is 0 Å². The van der Waals surface area contributed by atoms with E-state index in [1.54, 1.807) is 17.7 Å². The van der Waals surface area contributed by atoms with Gasteiger partial charge in [0.1, 0.15) is 17.1 Å². The van der Waals surface area contributed by atoms with Crippen molar-refractivity contribution in [1.29, 1.82) is 0 Å². The van der Waals surface area contributed by atoms with Gasteiger partial charge in [0.2, 0.25) is 0 Å². The molecule has 0 aliphatic rings. The Kier molecular flexibility index (Phi) is 4.47. The third-order valence-corrected chi connectivity index (χ3v) is 3.47. The number of aryl methyl sites for hydroxylation is 3. The highest BCUT2D eigenvalue weighted by Gasteiger charge is 2.16. The second kappa shape index (κ2) is 6.13. The summed E-state index contributed by atoms with van der Waals surface area (Å²) in [6.07, 6.45) is 2.00. The smallest absolute Gasteiger partial charge is 0.341 e. The summed E-state index contributed by atoms with van der Waals surface area (Å²) in [6.45, 7) is 6.35. The summed E-state index contributed by atoms with van der Waals surface area (Å²) < 4.78 is 12.1. The molecule has 1 atom stereocenters. The van der Waals surface area contributed by atoms with E-state index in [-0.39, 0.29) is 12.0 Å². The number of methoxy groups -OCH3 is 1. The van der Waals surface area contributed by atoms with Crippen molar-refractivity contribution in [2.75, 3.05) is 7.11 Å². The van der Waals surface area contributed by atoms with E-state index in [0.29, 0.717) is 23.6 Å². The fraction of sp³-hybridized carbons (Fsp3) is 0.467. The van der Waals surface area contributed by atoms with E-state index in [4.69, 9.17) is 9.15 Å². The van der Waals surface area contributed by atoms with Crippen LogP contribution in [0.3, 0.4) is 0 Å². The average molecular weight is 291 g/mol. The predicted octanol–water partition coefficient (Wildman–Crippen LogP) is 2.27. The topological polar surface area (TPSA) is 69.3 Å². The third kappa shape index (κ3) is 3.33. The number of nitrogens with one attached hydrogen (secondary N) is 1. The molecule has 2 rings (SSSR count). The molecule has 2 aromatic rings. The van der Waals surface area contributed by atoms with E-state index in [2.05, 4.69) is 17.3 Å². The summed E-state index contributed by atoms with van der Waals surface area (Å²) in [6, 6.07) is 1.86. The summed E-state index contributed by atoms with van der Waals surface area (Å²) in [5.41, 5.74) is 2.62. The van der Waals surface area contributed by atoms with E-state index in [1.807, 2.05) is 20.2 Å². The van der Waals surface area contributed by atoms with Crippen molar-refractivity contribution in [2.45, 2.75) is 33.4 Å². The van der Waals surface area contributed by atoms with Crippen LogP contribution >= 0.6 is 0 Å². The number of hydrogen-bond acceptors (Lipinski definition) is 5. The molecule has 6 heteroatoms. The van der Waals surface area contributed by atoms with Gasteiger partial charge in [-0.3, -0.25) is 4.68 Å². The molecular formula is C15H21N3O3. The van der Waals surface area contributed by atoms with Crippen LogP contribution in [0, 0.1) is 13.8 Å². The Bertz CT molecular complexity index is 643. The molecule has 0 aromatic carbocycles. The lowest BCUT2D eigenvalue weighted by Crippen LogP contribution is -2.18. The second-order valence-electron chi connectivity index (χ2n) is 5.12. The van der Waals surface area contributed by atoms with Crippen LogP contribution in [0.2, 0.25) is 0 Å². The first-order chi connectivity index (χ1) is 9.92. The Morgan fingerprint density at radius 2 is 2.24 bits per heavy atom. The first kappa shape index (κ1) is 15.3. The summed E-state index contributed by atoms with van der Waals surface area (Å²) in [5, 5.41) is 7.70. The normalized spacial score (nSPS) is 12.4. The van der Waals surface area contributed by atoms with E-state index < -0.39 is 0 Å². The maximum Gasteiger partial charge on any atom is 0.341 e. The van der Waals surface area contributed by atoms with E-state index in [1.165, 1.54) is 7.11 Å². The number of furan rings is 1. The molecule has 2 aromatic heterocycles. The van der Waals surface area contributed by atoms with Gasteiger partial charge >= 0.3 is 5.97 Å². The third-order valence-electron chi connectivity index (χ3n) is 3.47. The Hall–Kier alpha value is -2.08. The van der Waals surface area contributed by atoms with Gasteiger partial charge < -0.3 is 14.5 Å². The molecule has 0 radical (unpaired) electrons. The summed E-state index contributed by atoms with van der Waals surface area (Å²) >= 11 is 0. The Morgan fingerprint density at radius 1 is 1.52 bits per heavy atom. The van der Waals surface area contributed by atoms with Crippen LogP contribution in [0.15, 0.2) is 16.7 Å². The van der Waals surface area contributed by atoms with Gasteiger partial charge in [0.05, 0.1) is 19.3 Å². The molecule has 0 aliphatic heterocycles. The predicted molar refractivity (Wildman–Crippen MR) is 78.0 cm³/mol. The minimum absolute atomic E-state index is 0.144. The van der Waals surface area contributed by atoms with Gasteiger partial charge in [-0.05, 0) is 26.8 Å². The SMILES string of the molecule is COC(=O)c1cc(CN[C@H](C)c2cn(C)nc2C)oc1C. The average Bonchev–Trinajstić information content (AvgIpc) is 2.97. The van der Waals surface area contributed by atoms with Crippen LogP contribution < -0.4 is 5.32 Å². The molecule has 2 heterocycles. The quantitative estimate of drug-likeness (QED) is 0.856. The summed E-state index contributed by atoms with van der Waals surface area (Å²) in [7, 11) is 3.27. The Labute approximate surface area is 124 Å². The van der Waals surface area contributed by atoms with Gasteiger partial charge in [-0.2, -0.15) is 5.10 Å². The van der Waals surface area contributed by atoms with Crippen molar-refractivity contribution in [1.82, 2.24) is 15.1 Å². The van der Waals surface area contributed by atoms with E-state index >= 15 is 0 Å². The van der Waals surface area contributed by atoms with Crippen molar-refractivity contribution in [3.05, 3.63) is 40.6 Å². The first-order valence-electron chi connectivity index (χ1n) is 6.83. The van der Waals surface area contributed by atoms with E-state index in [9.17, 15) is 4.79 Å². The van der Waals surface area contributed by atoms with Gasteiger partial charge in [-0.15, -0.1) is 0 Å². The Balaban J connectivity index is 2.03. The molecule has 6 nitrogen and oxygen atoms in total. The number of aromatic nitrogens is 2. The minimum Gasteiger partial charge on any atom is -0.465 e. The fourth-order valence-corrected chi connectivity index (χ4v) is 2.35. The number of nitrogens with zero attached hydrogens (tertiary/aromatic N) is 2.